The Morgan fingerprint density at radius 2 is 1.69 bits per heavy atom. The second-order valence-electron chi connectivity index (χ2n) is 5.50. The van der Waals surface area contributed by atoms with Crippen molar-refractivity contribution in [1.29, 1.82) is 0 Å². The van der Waals surface area contributed by atoms with E-state index < -0.39 is 27.5 Å². The molecule has 0 amide bonds. The highest BCUT2D eigenvalue weighted by Gasteiger charge is 2.39. The van der Waals surface area contributed by atoms with E-state index in [0.29, 0.717) is 5.92 Å². The lowest BCUT2D eigenvalue weighted by Gasteiger charge is -2.13. The number of carboxylic acids is 1. The second-order valence-corrected chi connectivity index (χ2v) is 7.47. The quantitative estimate of drug-likeness (QED) is 0.570. The summed E-state index contributed by atoms with van der Waals surface area (Å²) in [4.78, 5) is 21.2. The fourth-order valence-corrected chi connectivity index (χ4v) is 2.55. The molecule has 3 atom stereocenters. The summed E-state index contributed by atoms with van der Waals surface area (Å²) in [6.07, 6.45) is 2.16. The zero-order valence-electron chi connectivity index (χ0n) is 14.2. The third-order valence-electron chi connectivity index (χ3n) is 3.75. The molecule has 5 nitrogen and oxygen atoms in total. The molecule has 0 bridgehead atoms. The van der Waals surface area contributed by atoms with Gasteiger partial charge in [0.15, 0.2) is 4.30 Å². The van der Waals surface area contributed by atoms with Crippen LogP contribution in [0.25, 0.3) is 0 Å². The maximum atomic E-state index is 12.4. The predicted molar refractivity (Wildman–Crippen MR) is 92.6 cm³/mol. The Labute approximate surface area is 165 Å². The van der Waals surface area contributed by atoms with E-state index in [4.69, 9.17) is 39.5 Å². The van der Waals surface area contributed by atoms with Crippen molar-refractivity contribution in [2.45, 2.75) is 30.1 Å². The summed E-state index contributed by atoms with van der Waals surface area (Å²) >= 11 is 14.4. The number of carbonyl (C=O) groups excluding carboxylic acids is 2. The van der Waals surface area contributed by atoms with Crippen LogP contribution in [0.5, 0.6) is 0 Å². The molecule has 1 fully saturated rings. The van der Waals surface area contributed by atoms with Crippen LogP contribution >= 0.6 is 34.8 Å². The number of hydrogen-bond acceptors (Lipinski definition) is 4. The number of esters is 1. The second kappa shape index (κ2) is 12.3. The van der Waals surface area contributed by atoms with Crippen molar-refractivity contribution >= 4 is 46.7 Å². The molecule has 2 rings (SSSR count). The molecule has 0 radical (unpaired) electrons. The number of rotatable bonds is 2. The Bertz CT molecular complexity index is 572. The molecule has 1 saturated carbocycles. The first-order chi connectivity index (χ1) is 12.0. The third kappa shape index (κ3) is 8.49. The minimum absolute atomic E-state index is 0.0417. The largest absolute Gasteiger partial charge is 0.545 e. The highest BCUT2D eigenvalue weighted by molar-refractivity contribution is 6.63. The van der Waals surface area contributed by atoms with E-state index in [1.807, 2.05) is 0 Å². The van der Waals surface area contributed by atoms with Gasteiger partial charge in [-0.3, -0.25) is 4.79 Å². The zero-order valence-corrected chi connectivity index (χ0v) is 16.5. The summed E-state index contributed by atoms with van der Waals surface area (Å²) in [5.41, 5.74) is 2.92. The van der Waals surface area contributed by atoms with Crippen LogP contribution in [0.2, 0.25) is 0 Å². The van der Waals surface area contributed by atoms with Crippen LogP contribution in [0.1, 0.15) is 30.1 Å². The normalized spacial score (nSPS) is 21.2. The summed E-state index contributed by atoms with van der Waals surface area (Å²) < 4.78 is 28.8. The summed E-state index contributed by atoms with van der Waals surface area (Å²) in [7, 11) is 1.44. The minimum Gasteiger partial charge on any atom is -0.545 e. The van der Waals surface area contributed by atoms with Gasteiger partial charge in [0.25, 0.3) is 0 Å². The summed E-state index contributed by atoms with van der Waals surface area (Å²) in [6, 6.07) is 3.05. The van der Waals surface area contributed by atoms with Gasteiger partial charge in [-0.25, -0.2) is 8.78 Å². The van der Waals surface area contributed by atoms with Gasteiger partial charge in [-0.05, 0) is 24.5 Å². The molecule has 10 heteroatoms. The average Bonchev–Trinajstić information content (AvgIpc) is 2.85. The molecular formula is C16H20Cl3F2NO4. The SMILES string of the molecule is COC(=O)[C@H]1[C@@H](C)CC[C@@H]1[NH3+].ClC(Cl)Cl.O=C([O-])c1c(F)cccc1F. The molecule has 1 aromatic carbocycles. The molecule has 1 aliphatic carbocycles. The van der Waals surface area contributed by atoms with E-state index in [1.54, 1.807) is 0 Å². The van der Waals surface area contributed by atoms with Gasteiger partial charge in [-0.1, -0.05) is 47.8 Å². The fourth-order valence-electron chi connectivity index (χ4n) is 2.55. The van der Waals surface area contributed by atoms with E-state index >= 15 is 0 Å². The van der Waals surface area contributed by atoms with Crippen molar-refractivity contribution in [1.82, 2.24) is 0 Å². The van der Waals surface area contributed by atoms with Crippen molar-refractivity contribution in [2.75, 3.05) is 7.11 Å². The summed E-state index contributed by atoms with van der Waals surface area (Å²) in [6.45, 7) is 2.09. The van der Waals surface area contributed by atoms with Crippen LogP contribution < -0.4 is 10.8 Å². The Hall–Kier alpha value is -1.15. The molecule has 0 spiro atoms. The van der Waals surface area contributed by atoms with Crippen LogP contribution in [0.3, 0.4) is 0 Å². The molecular weight excluding hydrogens is 415 g/mol. The first-order valence-corrected chi connectivity index (χ1v) is 8.82. The Kier molecular flexibility index (Phi) is 11.7. The number of alkyl halides is 3. The van der Waals surface area contributed by atoms with Gasteiger partial charge in [0, 0.05) is 6.42 Å². The number of carboxylic acid groups (broad SMARTS) is 1. The van der Waals surface area contributed by atoms with E-state index in [2.05, 4.69) is 12.7 Å². The third-order valence-corrected chi connectivity index (χ3v) is 3.75. The molecule has 26 heavy (non-hydrogen) atoms. The lowest BCUT2D eigenvalue weighted by atomic mass is 9.96. The van der Waals surface area contributed by atoms with Gasteiger partial charge in [0.1, 0.15) is 17.6 Å². The number of benzene rings is 1. The number of ether oxygens (including phenoxy) is 1. The lowest BCUT2D eigenvalue weighted by molar-refractivity contribution is -0.426. The van der Waals surface area contributed by atoms with Crippen LogP contribution in [-0.4, -0.2) is 29.4 Å². The maximum absolute atomic E-state index is 12.4. The summed E-state index contributed by atoms with van der Waals surface area (Å²) in [5, 5.41) is 10.1. The lowest BCUT2D eigenvalue weighted by Crippen LogP contribution is -2.64. The van der Waals surface area contributed by atoms with Crippen LogP contribution in [-0.2, 0) is 9.53 Å². The predicted octanol–water partition coefficient (Wildman–Crippen LogP) is 2.13. The molecule has 148 valence electrons. The molecule has 0 unspecified atom stereocenters. The Balaban J connectivity index is 0.000000401. The smallest absolute Gasteiger partial charge is 0.314 e. The van der Waals surface area contributed by atoms with Crippen molar-refractivity contribution in [3.05, 3.63) is 35.4 Å². The standard InChI is InChI=1S/C8H15NO2.C7H4F2O2.CHCl3/c1-5-3-4-6(9)7(5)8(10)11-2;8-4-2-1-3-5(9)6(4)7(10)11;2-1(3)4/h5-7H,3-4,9H2,1-2H3;1-3H,(H,10,11);1H/t5-,6-,7-;;/m0../s1. The number of carbonyl (C=O) groups is 2. The van der Waals surface area contributed by atoms with Crippen molar-refractivity contribution in [2.24, 2.45) is 11.8 Å². The van der Waals surface area contributed by atoms with Gasteiger partial charge >= 0.3 is 5.97 Å². The maximum Gasteiger partial charge on any atom is 0.314 e. The van der Waals surface area contributed by atoms with E-state index in [1.165, 1.54) is 7.11 Å². The monoisotopic (exact) mass is 433 g/mol. The number of methoxy groups -OCH3 is 1. The van der Waals surface area contributed by atoms with Gasteiger partial charge in [0.2, 0.25) is 0 Å². The number of quaternary nitrogens is 1. The molecule has 3 N–H and O–H groups in total. The zero-order chi connectivity index (χ0) is 20.4. The van der Waals surface area contributed by atoms with Gasteiger partial charge in [-0.15, -0.1) is 0 Å². The van der Waals surface area contributed by atoms with Crippen LogP contribution in [0, 0.1) is 23.5 Å². The highest BCUT2D eigenvalue weighted by atomic mass is 35.6. The van der Waals surface area contributed by atoms with Gasteiger partial charge < -0.3 is 20.4 Å². The summed E-state index contributed by atoms with van der Waals surface area (Å²) in [5.74, 6) is -3.68. The Morgan fingerprint density at radius 1 is 1.23 bits per heavy atom. The number of aromatic carboxylic acids is 1. The first-order valence-electron chi connectivity index (χ1n) is 7.51. The highest BCUT2D eigenvalue weighted by Crippen LogP contribution is 2.30. The van der Waals surface area contributed by atoms with Crippen LogP contribution in [0.15, 0.2) is 18.2 Å². The first kappa shape index (κ1) is 24.8. The molecule has 0 saturated heterocycles. The van der Waals surface area contributed by atoms with Gasteiger partial charge in [-0.2, -0.15) is 0 Å². The minimum atomic E-state index is -1.85. The van der Waals surface area contributed by atoms with E-state index in [-0.39, 0.29) is 17.9 Å². The molecule has 1 aromatic rings. The fraction of sp³-hybridized carbons (Fsp3) is 0.500. The van der Waals surface area contributed by atoms with E-state index in [0.717, 1.165) is 31.0 Å². The molecule has 1 aliphatic rings. The average molecular weight is 435 g/mol. The molecule has 0 aromatic heterocycles. The van der Waals surface area contributed by atoms with Crippen molar-refractivity contribution in [3.8, 4) is 0 Å². The number of hydrogen-bond donors (Lipinski definition) is 1. The number of halogens is 5. The van der Waals surface area contributed by atoms with Crippen molar-refractivity contribution < 1.29 is 33.9 Å². The molecule has 0 aliphatic heterocycles. The molecule has 0 heterocycles. The van der Waals surface area contributed by atoms with Crippen molar-refractivity contribution in [3.63, 3.8) is 0 Å². The van der Waals surface area contributed by atoms with Crippen LogP contribution in [0.4, 0.5) is 8.78 Å². The van der Waals surface area contributed by atoms with E-state index in [9.17, 15) is 23.5 Å². The Morgan fingerprint density at radius 3 is 1.96 bits per heavy atom. The van der Waals surface area contributed by atoms with Gasteiger partial charge in [0.05, 0.1) is 24.7 Å². The topological polar surface area (TPSA) is 94.1 Å².